The topological polar surface area (TPSA) is 206 Å². The maximum Gasteiger partial charge on any atom is 0.417 e. The van der Waals surface area contributed by atoms with Crippen LogP contribution in [-0.4, -0.2) is 89.6 Å². The van der Waals surface area contributed by atoms with Crippen molar-refractivity contribution < 1.29 is 43.3 Å². The predicted octanol–water partition coefficient (Wildman–Crippen LogP) is 3.05. The van der Waals surface area contributed by atoms with E-state index in [-0.39, 0.29) is 25.5 Å². The Morgan fingerprint density at radius 2 is 1.58 bits per heavy atom. The molecule has 52 heavy (non-hydrogen) atoms. The van der Waals surface area contributed by atoms with E-state index in [4.69, 9.17) is 15.2 Å². The molecule has 286 valence electrons. The lowest BCUT2D eigenvalue weighted by Crippen LogP contribution is -2.66. The van der Waals surface area contributed by atoms with Gasteiger partial charge < -0.3 is 36.3 Å². The number of hydrogen-bond acceptors (Lipinski definition) is 10. The Labute approximate surface area is 306 Å². The summed E-state index contributed by atoms with van der Waals surface area (Å²) in [6.07, 6.45) is 1.21. The van der Waals surface area contributed by atoms with Gasteiger partial charge in [-0.2, -0.15) is 0 Å². The van der Waals surface area contributed by atoms with Crippen LogP contribution in [0, 0.1) is 11.8 Å². The molecule has 0 aliphatic carbocycles. The number of amides is 5. The Hall–Kier alpha value is -4.82. The van der Waals surface area contributed by atoms with E-state index >= 15 is 0 Å². The molecule has 5 amide bonds. The van der Waals surface area contributed by atoms with E-state index in [0.717, 1.165) is 24.0 Å². The van der Waals surface area contributed by atoms with Crippen molar-refractivity contribution in [1.29, 1.82) is 0 Å². The average Bonchev–Trinajstić information content (AvgIpc) is 3.12. The van der Waals surface area contributed by atoms with Gasteiger partial charge in [-0.15, -0.1) is 0 Å². The zero-order chi connectivity index (χ0) is 39.0. The summed E-state index contributed by atoms with van der Waals surface area (Å²) >= 11 is 0. The highest BCUT2D eigenvalue weighted by molar-refractivity contribution is 6.00. The highest BCUT2D eigenvalue weighted by Crippen LogP contribution is 2.25. The van der Waals surface area contributed by atoms with Gasteiger partial charge in [0.25, 0.3) is 0 Å². The first-order chi connectivity index (χ1) is 24.6. The smallest absolute Gasteiger partial charge is 0.417 e. The van der Waals surface area contributed by atoms with Crippen molar-refractivity contribution in [2.45, 2.75) is 97.5 Å². The number of rotatable bonds is 19. The zero-order valence-corrected chi connectivity index (χ0v) is 31.3. The molecule has 0 radical (unpaired) electrons. The fourth-order valence-electron chi connectivity index (χ4n) is 5.50. The van der Waals surface area contributed by atoms with Crippen LogP contribution < -0.4 is 21.7 Å². The number of ether oxygens (including phenoxy) is 2. The average molecular weight is 726 g/mol. The number of carbonyl (C=O) groups excluding carboxylic acids is 6. The van der Waals surface area contributed by atoms with Crippen molar-refractivity contribution in [2.75, 3.05) is 20.3 Å². The Bertz CT molecular complexity index is 1520. The lowest BCUT2D eigenvalue weighted by atomic mass is 9.83. The summed E-state index contributed by atoms with van der Waals surface area (Å²) in [6, 6.07) is 13.1. The van der Waals surface area contributed by atoms with Gasteiger partial charge in [0.05, 0.1) is 19.8 Å². The van der Waals surface area contributed by atoms with Crippen molar-refractivity contribution >= 4 is 35.7 Å². The van der Waals surface area contributed by atoms with Gasteiger partial charge in [0.2, 0.25) is 23.6 Å². The van der Waals surface area contributed by atoms with Gasteiger partial charge in [-0.3, -0.25) is 19.2 Å². The third-order valence-corrected chi connectivity index (χ3v) is 8.89. The molecule has 2 aromatic carbocycles. The Balaban J connectivity index is 2.31. The molecule has 14 nitrogen and oxygen atoms in total. The largest absolute Gasteiger partial charge is 0.467 e. The fraction of sp³-hybridized carbons (Fsp3) is 0.526. The number of unbranched alkanes of at least 4 members (excludes halogenated alkanes) is 2. The SMILES string of the molecule is CCCCCC(=O)N[C@@](C)(C(=O)NC(C(=O)OC)C(C)C)C(CO)CNC(=O)[C@H](C)N(C(=O)OCc1ccccc1-c1ccccc1)C(=O)[C@H](C)N. The molecular formula is C38H55N5O9. The Kier molecular flexibility index (Phi) is 17.4. The molecule has 0 bridgehead atoms. The molecule has 0 fully saturated rings. The number of esters is 1. The minimum absolute atomic E-state index is 0.106. The van der Waals surface area contributed by atoms with Crippen LogP contribution in [0.3, 0.4) is 0 Å². The lowest BCUT2D eigenvalue weighted by Gasteiger charge is -2.38. The number of nitrogens with one attached hydrogen (secondary N) is 3. The van der Waals surface area contributed by atoms with Crippen LogP contribution >= 0.6 is 0 Å². The van der Waals surface area contributed by atoms with Crippen LogP contribution in [-0.2, 0) is 40.1 Å². The second-order valence-corrected chi connectivity index (χ2v) is 13.3. The molecular weight excluding hydrogens is 670 g/mol. The van der Waals surface area contributed by atoms with Crippen LogP contribution in [0.5, 0.6) is 0 Å². The third-order valence-electron chi connectivity index (χ3n) is 8.89. The highest BCUT2D eigenvalue weighted by Gasteiger charge is 2.45. The predicted molar refractivity (Wildman–Crippen MR) is 195 cm³/mol. The van der Waals surface area contributed by atoms with E-state index in [2.05, 4.69) is 16.0 Å². The van der Waals surface area contributed by atoms with Crippen LogP contribution in [0.4, 0.5) is 4.79 Å². The first-order valence-corrected chi connectivity index (χ1v) is 17.6. The molecule has 0 aliphatic rings. The minimum atomic E-state index is -1.82. The maximum atomic E-state index is 13.8. The zero-order valence-electron chi connectivity index (χ0n) is 31.3. The summed E-state index contributed by atoms with van der Waals surface area (Å²) in [5.74, 6) is -5.13. The number of imide groups is 1. The molecule has 5 atom stereocenters. The number of aliphatic hydroxyl groups excluding tert-OH is 1. The summed E-state index contributed by atoms with van der Waals surface area (Å²) in [7, 11) is 1.19. The molecule has 2 unspecified atom stereocenters. The van der Waals surface area contributed by atoms with Gasteiger partial charge in [-0.05, 0) is 49.8 Å². The van der Waals surface area contributed by atoms with E-state index in [1.807, 2.05) is 49.4 Å². The lowest BCUT2D eigenvalue weighted by molar-refractivity contribution is -0.148. The van der Waals surface area contributed by atoms with Crippen molar-refractivity contribution in [3.05, 3.63) is 60.2 Å². The first kappa shape index (κ1) is 43.3. The molecule has 0 aromatic heterocycles. The summed E-state index contributed by atoms with van der Waals surface area (Å²) in [5, 5.41) is 18.4. The molecule has 14 heteroatoms. The standard InChI is InChI=1S/C38H55N5O9/c1-8-9-11-20-31(45)42-38(6,36(49)41-32(24(2)3)35(48)51-7)29(22-44)21-40-33(46)26(5)43(34(47)25(4)39)37(50)52-23-28-18-14-15-19-30(28)27-16-12-10-13-17-27/h10,12-19,24-26,29,32,44H,8-9,11,20-23,39H2,1-7H3,(H,40,46)(H,41,49)(H,42,45)/t25-,26-,29?,32?,38+/m0/s1. The van der Waals surface area contributed by atoms with Crippen LogP contribution in [0.2, 0.25) is 0 Å². The number of nitrogens with zero attached hydrogens (tertiary/aromatic N) is 1. The molecule has 2 rings (SSSR count). The van der Waals surface area contributed by atoms with Crippen LogP contribution in [0.25, 0.3) is 11.1 Å². The van der Waals surface area contributed by atoms with Gasteiger partial charge in [0.1, 0.15) is 24.2 Å². The van der Waals surface area contributed by atoms with Crippen molar-refractivity contribution in [3.8, 4) is 11.1 Å². The van der Waals surface area contributed by atoms with Crippen molar-refractivity contribution in [2.24, 2.45) is 17.6 Å². The number of nitrogens with two attached hydrogens (primary N) is 1. The van der Waals surface area contributed by atoms with E-state index in [1.165, 1.54) is 27.9 Å². The summed E-state index contributed by atoms with van der Waals surface area (Å²) < 4.78 is 10.4. The molecule has 0 saturated heterocycles. The van der Waals surface area contributed by atoms with E-state index in [0.29, 0.717) is 16.9 Å². The fourth-order valence-corrected chi connectivity index (χ4v) is 5.50. The van der Waals surface area contributed by atoms with Gasteiger partial charge in [0.15, 0.2) is 0 Å². The molecule has 2 aromatic rings. The van der Waals surface area contributed by atoms with Crippen molar-refractivity contribution in [1.82, 2.24) is 20.9 Å². The van der Waals surface area contributed by atoms with Gasteiger partial charge in [-0.1, -0.05) is 88.2 Å². The quantitative estimate of drug-likeness (QED) is 0.106. The second kappa shape index (κ2) is 20.9. The first-order valence-electron chi connectivity index (χ1n) is 17.6. The molecule has 6 N–H and O–H groups in total. The number of carbonyl (C=O) groups is 6. The summed E-state index contributed by atoms with van der Waals surface area (Å²) in [6.45, 7) is 8.20. The van der Waals surface area contributed by atoms with Crippen molar-refractivity contribution in [3.63, 3.8) is 0 Å². The minimum Gasteiger partial charge on any atom is -0.467 e. The van der Waals surface area contributed by atoms with Gasteiger partial charge in [0, 0.05) is 18.9 Å². The highest BCUT2D eigenvalue weighted by atomic mass is 16.6. The number of aliphatic hydroxyl groups is 1. The molecule has 0 aliphatic heterocycles. The van der Waals surface area contributed by atoms with E-state index in [1.54, 1.807) is 26.0 Å². The summed E-state index contributed by atoms with van der Waals surface area (Å²) in [4.78, 5) is 80.1. The van der Waals surface area contributed by atoms with Crippen LogP contribution in [0.1, 0.15) is 72.8 Å². The Morgan fingerprint density at radius 3 is 2.15 bits per heavy atom. The summed E-state index contributed by atoms with van der Waals surface area (Å²) in [5.41, 5.74) is 6.42. The van der Waals surface area contributed by atoms with E-state index < -0.39 is 71.9 Å². The Morgan fingerprint density at radius 1 is 0.942 bits per heavy atom. The molecule has 0 spiro atoms. The van der Waals surface area contributed by atoms with Gasteiger partial charge in [-0.25, -0.2) is 14.5 Å². The number of hydrogen-bond donors (Lipinski definition) is 5. The van der Waals surface area contributed by atoms with Crippen LogP contribution in [0.15, 0.2) is 54.6 Å². The maximum absolute atomic E-state index is 13.8. The third kappa shape index (κ3) is 11.9. The monoisotopic (exact) mass is 725 g/mol. The second-order valence-electron chi connectivity index (χ2n) is 13.3. The normalized spacial score (nSPS) is 14.5. The molecule has 0 saturated carbocycles. The van der Waals surface area contributed by atoms with Gasteiger partial charge >= 0.3 is 12.1 Å². The van der Waals surface area contributed by atoms with E-state index in [9.17, 15) is 33.9 Å². The molecule has 0 heterocycles. The number of methoxy groups -OCH3 is 1. The number of benzene rings is 2.